The van der Waals surface area contributed by atoms with E-state index in [1.54, 1.807) is 7.11 Å². The summed E-state index contributed by atoms with van der Waals surface area (Å²) in [6.45, 7) is 5.66. The van der Waals surface area contributed by atoms with Gasteiger partial charge in [0.1, 0.15) is 5.75 Å². The minimum atomic E-state index is 0.182. The lowest BCUT2D eigenvalue weighted by Crippen LogP contribution is -2.49. The Balaban J connectivity index is 1.48. The number of nitrogens with zero attached hydrogens (tertiary/aromatic N) is 2. The number of anilines is 2. The summed E-state index contributed by atoms with van der Waals surface area (Å²) in [4.78, 5) is 16.7. The molecule has 1 saturated heterocycles. The first-order chi connectivity index (χ1) is 13.1. The van der Waals surface area contributed by atoms with Gasteiger partial charge in [0.2, 0.25) is 5.91 Å². The van der Waals surface area contributed by atoms with Crippen molar-refractivity contribution >= 4 is 28.9 Å². The van der Waals surface area contributed by atoms with Gasteiger partial charge in [0.05, 0.1) is 12.8 Å². The number of benzene rings is 2. The lowest BCUT2D eigenvalue weighted by atomic mass is 10.2. The fourth-order valence-corrected chi connectivity index (χ4v) is 3.52. The van der Waals surface area contributed by atoms with E-state index >= 15 is 0 Å². The van der Waals surface area contributed by atoms with Crippen LogP contribution in [0.2, 0.25) is 5.02 Å². The molecule has 0 bridgehead atoms. The molecule has 5 nitrogen and oxygen atoms in total. The van der Waals surface area contributed by atoms with E-state index < -0.39 is 0 Å². The summed E-state index contributed by atoms with van der Waals surface area (Å²) in [7, 11) is 1.69. The van der Waals surface area contributed by atoms with Crippen LogP contribution in [0.25, 0.3) is 0 Å². The number of hydrogen-bond donors (Lipinski definition) is 1. The highest BCUT2D eigenvalue weighted by molar-refractivity contribution is 6.31. The molecule has 3 rings (SSSR count). The molecule has 0 unspecified atom stereocenters. The van der Waals surface area contributed by atoms with Gasteiger partial charge in [-0.25, -0.2) is 0 Å². The van der Waals surface area contributed by atoms with Crippen LogP contribution in [0.3, 0.4) is 0 Å². The Morgan fingerprint density at radius 2 is 1.85 bits per heavy atom. The number of methoxy groups -OCH3 is 1. The number of para-hydroxylation sites is 2. The van der Waals surface area contributed by atoms with E-state index in [1.165, 1.54) is 0 Å². The van der Waals surface area contributed by atoms with Crippen LogP contribution in [-0.4, -0.2) is 50.6 Å². The molecule has 6 heteroatoms. The highest BCUT2D eigenvalue weighted by Crippen LogP contribution is 2.28. The van der Waals surface area contributed by atoms with Crippen LogP contribution in [0.1, 0.15) is 12.0 Å². The third kappa shape index (κ3) is 4.66. The van der Waals surface area contributed by atoms with Gasteiger partial charge in [-0.05, 0) is 36.8 Å². The van der Waals surface area contributed by atoms with Crippen LogP contribution in [-0.2, 0) is 4.79 Å². The normalized spacial score (nSPS) is 14.2. The highest BCUT2D eigenvalue weighted by Gasteiger charge is 2.22. The predicted molar refractivity (Wildman–Crippen MR) is 111 cm³/mol. The Morgan fingerprint density at radius 1 is 1.11 bits per heavy atom. The molecule has 0 spiro atoms. The maximum absolute atomic E-state index is 12.5. The van der Waals surface area contributed by atoms with Gasteiger partial charge < -0.3 is 19.9 Å². The van der Waals surface area contributed by atoms with E-state index in [0.29, 0.717) is 13.0 Å². The summed E-state index contributed by atoms with van der Waals surface area (Å²) < 4.78 is 5.45. The molecule has 0 radical (unpaired) electrons. The molecule has 0 atom stereocenters. The molecule has 2 aromatic rings. The Morgan fingerprint density at radius 3 is 2.59 bits per heavy atom. The van der Waals surface area contributed by atoms with Gasteiger partial charge in [-0.2, -0.15) is 0 Å². The first-order valence-corrected chi connectivity index (χ1v) is 9.62. The number of hydrogen-bond acceptors (Lipinski definition) is 4. The molecular weight excluding hydrogens is 362 g/mol. The summed E-state index contributed by atoms with van der Waals surface area (Å²) >= 11 is 6.13. The van der Waals surface area contributed by atoms with Crippen LogP contribution < -0.4 is 15.0 Å². The van der Waals surface area contributed by atoms with Gasteiger partial charge in [0.15, 0.2) is 0 Å². The van der Waals surface area contributed by atoms with Gasteiger partial charge in [-0.1, -0.05) is 29.8 Å². The second kappa shape index (κ2) is 9.00. The lowest BCUT2D eigenvalue weighted by Gasteiger charge is -2.36. The van der Waals surface area contributed by atoms with Crippen LogP contribution >= 0.6 is 11.6 Å². The van der Waals surface area contributed by atoms with E-state index in [1.807, 2.05) is 48.2 Å². The van der Waals surface area contributed by atoms with Crippen LogP contribution in [0.4, 0.5) is 11.4 Å². The van der Waals surface area contributed by atoms with E-state index in [4.69, 9.17) is 16.3 Å². The van der Waals surface area contributed by atoms with Crippen molar-refractivity contribution < 1.29 is 9.53 Å². The molecule has 0 aliphatic carbocycles. The van der Waals surface area contributed by atoms with E-state index in [0.717, 1.165) is 53.9 Å². The molecule has 144 valence electrons. The number of carbonyl (C=O) groups is 1. The molecule has 0 saturated carbocycles. The van der Waals surface area contributed by atoms with Crippen LogP contribution in [0.5, 0.6) is 5.75 Å². The number of halogens is 1. The average molecular weight is 388 g/mol. The van der Waals surface area contributed by atoms with Crippen LogP contribution in [0.15, 0.2) is 42.5 Å². The number of nitrogens with one attached hydrogen (secondary N) is 1. The van der Waals surface area contributed by atoms with Gasteiger partial charge >= 0.3 is 0 Å². The summed E-state index contributed by atoms with van der Waals surface area (Å²) in [5.74, 6) is 1.06. The Kier molecular flexibility index (Phi) is 6.45. The molecule has 2 aromatic carbocycles. The molecule has 1 heterocycles. The summed E-state index contributed by atoms with van der Waals surface area (Å²) in [6.07, 6.45) is 0.473. The van der Waals surface area contributed by atoms with Crippen molar-refractivity contribution in [2.24, 2.45) is 0 Å². The minimum absolute atomic E-state index is 0.182. The topological polar surface area (TPSA) is 44.8 Å². The zero-order valence-corrected chi connectivity index (χ0v) is 16.6. The second-order valence-electron chi connectivity index (χ2n) is 6.63. The standard InChI is InChI=1S/C21H26ClN3O2/c1-16-17(22)6-5-7-18(16)23-11-10-21(26)25-14-12-24(13-15-25)19-8-3-4-9-20(19)27-2/h3-9,23H,10-15H2,1-2H3. The first-order valence-electron chi connectivity index (χ1n) is 9.25. The zero-order valence-electron chi connectivity index (χ0n) is 15.9. The number of amides is 1. The van der Waals surface area contributed by atoms with Crippen molar-refractivity contribution in [3.8, 4) is 5.75 Å². The fourth-order valence-electron chi connectivity index (χ4n) is 3.35. The van der Waals surface area contributed by atoms with Gasteiger partial charge in [0.25, 0.3) is 0 Å². The molecule has 1 fully saturated rings. The largest absolute Gasteiger partial charge is 0.495 e. The smallest absolute Gasteiger partial charge is 0.224 e. The molecule has 1 aliphatic heterocycles. The SMILES string of the molecule is COc1ccccc1N1CCN(C(=O)CCNc2cccc(Cl)c2C)CC1. The third-order valence-electron chi connectivity index (χ3n) is 4.98. The summed E-state index contributed by atoms with van der Waals surface area (Å²) in [5.41, 5.74) is 3.08. The Labute approximate surface area is 165 Å². The van der Waals surface area contributed by atoms with E-state index in [-0.39, 0.29) is 5.91 Å². The van der Waals surface area contributed by atoms with Crippen molar-refractivity contribution in [1.29, 1.82) is 0 Å². The second-order valence-corrected chi connectivity index (χ2v) is 7.04. The van der Waals surface area contributed by atoms with E-state index in [9.17, 15) is 4.79 Å². The van der Waals surface area contributed by atoms with Crippen molar-refractivity contribution in [2.45, 2.75) is 13.3 Å². The van der Waals surface area contributed by atoms with Gasteiger partial charge in [0, 0.05) is 49.9 Å². The average Bonchev–Trinajstić information content (AvgIpc) is 2.71. The fraction of sp³-hybridized carbons (Fsp3) is 0.381. The summed E-state index contributed by atoms with van der Waals surface area (Å²) in [6, 6.07) is 13.8. The zero-order chi connectivity index (χ0) is 19.2. The van der Waals surface area contributed by atoms with Crippen LogP contribution in [0, 0.1) is 6.92 Å². The molecule has 0 aromatic heterocycles. The molecule has 1 amide bonds. The van der Waals surface area contributed by atoms with Crippen molar-refractivity contribution in [3.05, 3.63) is 53.1 Å². The minimum Gasteiger partial charge on any atom is -0.495 e. The van der Waals surface area contributed by atoms with Gasteiger partial charge in [-0.3, -0.25) is 4.79 Å². The molecule has 1 aliphatic rings. The molecule has 27 heavy (non-hydrogen) atoms. The number of rotatable bonds is 6. The maximum atomic E-state index is 12.5. The molecular formula is C21H26ClN3O2. The number of piperazine rings is 1. The number of ether oxygens (including phenoxy) is 1. The predicted octanol–water partition coefficient (Wildman–Crippen LogP) is 3.81. The molecule has 1 N–H and O–H groups in total. The third-order valence-corrected chi connectivity index (χ3v) is 5.39. The van der Waals surface area contributed by atoms with Crippen molar-refractivity contribution in [3.63, 3.8) is 0 Å². The maximum Gasteiger partial charge on any atom is 0.224 e. The first kappa shape index (κ1) is 19.4. The lowest BCUT2D eigenvalue weighted by molar-refractivity contribution is -0.131. The van der Waals surface area contributed by atoms with Crippen molar-refractivity contribution in [1.82, 2.24) is 4.90 Å². The highest BCUT2D eigenvalue weighted by atomic mass is 35.5. The monoisotopic (exact) mass is 387 g/mol. The Hall–Kier alpha value is -2.40. The Bertz CT molecular complexity index is 789. The quantitative estimate of drug-likeness (QED) is 0.818. The number of carbonyl (C=O) groups excluding carboxylic acids is 1. The van der Waals surface area contributed by atoms with E-state index in [2.05, 4.69) is 16.3 Å². The summed E-state index contributed by atoms with van der Waals surface area (Å²) in [5, 5.41) is 4.05. The van der Waals surface area contributed by atoms with Gasteiger partial charge in [-0.15, -0.1) is 0 Å². The van der Waals surface area contributed by atoms with Crippen molar-refractivity contribution in [2.75, 3.05) is 50.1 Å².